The molecule has 0 bridgehead atoms. The number of rotatable bonds is 10. The minimum Gasteiger partial charge on any atom is -0.493 e. The molecule has 0 fully saturated rings. The summed E-state index contributed by atoms with van der Waals surface area (Å²) in [7, 11) is 0. The van der Waals surface area contributed by atoms with E-state index in [2.05, 4.69) is 25.8 Å². The average molecular weight is 418 g/mol. The van der Waals surface area contributed by atoms with Crippen LogP contribution in [0.1, 0.15) is 68.2 Å². The standard InChI is InChI=1S/C24H35NO5/c1-8-10-28-20(22(26)27)14-18-12-15(2)21(16(3)13-18)29-11-9-19-17(4)30-23(25-19)24(5,6)7/h12-13,20H,8-11,14H2,1-7H3,(H,26,27)/t20-/m0/s1. The van der Waals surface area contributed by atoms with Crippen molar-refractivity contribution in [1.29, 1.82) is 0 Å². The predicted octanol–water partition coefficient (Wildman–Crippen LogP) is 4.94. The predicted molar refractivity (Wildman–Crippen MR) is 116 cm³/mol. The summed E-state index contributed by atoms with van der Waals surface area (Å²) in [5.74, 6) is 1.47. The Morgan fingerprint density at radius 2 is 1.80 bits per heavy atom. The van der Waals surface area contributed by atoms with Gasteiger partial charge in [0.15, 0.2) is 12.0 Å². The Balaban J connectivity index is 2.04. The number of ether oxygens (including phenoxy) is 2. The highest BCUT2D eigenvalue weighted by Crippen LogP contribution is 2.27. The fourth-order valence-electron chi connectivity index (χ4n) is 3.31. The van der Waals surface area contributed by atoms with Gasteiger partial charge in [0, 0.05) is 24.9 Å². The summed E-state index contributed by atoms with van der Waals surface area (Å²) in [6, 6.07) is 3.96. The summed E-state index contributed by atoms with van der Waals surface area (Å²) < 4.78 is 17.3. The van der Waals surface area contributed by atoms with Crippen LogP contribution >= 0.6 is 0 Å². The van der Waals surface area contributed by atoms with Gasteiger partial charge in [0.1, 0.15) is 11.5 Å². The number of nitrogens with zero attached hydrogens (tertiary/aromatic N) is 1. The molecule has 30 heavy (non-hydrogen) atoms. The summed E-state index contributed by atoms with van der Waals surface area (Å²) in [5.41, 5.74) is 3.70. The maximum atomic E-state index is 11.5. The van der Waals surface area contributed by atoms with Crippen molar-refractivity contribution in [1.82, 2.24) is 4.98 Å². The lowest BCUT2D eigenvalue weighted by Crippen LogP contribution is -2.26. The van der Waals surface area contributed by atoms with E-state index < -0.39 is 12.1 Å². The monoisotopic (exact) mass is 417 g/mol. The van der Waals surface area contributed by atoms with E-state index in [9.17, 15) is 9.90 Å². The van der Waals surface area contributed by atoms with Gasteiger partial charge in [0.05, 0.1) is 12.3 Å². The number of carboxylic acids is 1. The maximum Gasteiger partial charge on any atom is 0.333 e. The Labute approximate surface area is 179 Å². The maximum absolute atomic E-state index is 11.5. The number of carboxylic acid groups (broad SMARTS) is 1. The zero-order valence-electron chi connectivity index (χ0n) is 19.3. The minimum atomic E-state index is -0.934. The van der Waals surface area contributed by atoms with Crippen molar-refractivity contribution in [3.8, 4) is 5.75 Å². The molecule has 1 heterocycles. The average Bonchev–Trinajstić information content (AvgIpc) is 3.02. The Bertz CT molecular complexity index is 840. The van der Waals surface area contributed by atoms with E-state index in [1.807, 2.05) is 39.8 Å². The molecule has 1 N–H and O–H groups in total. The molecule has 1 aromatic heterocycles. The normalized spacial score (nSPS) is 12.8. The van der Waals surface area contributed by atoms with Crippen molar-refractivity contribution in [2.24, 2.45) is 0 Å². The van der Waals surface area contributed by atoms with Crippen LogP contribution in [0.15, 0.2) is 16.5 Å². The summed E-state index contributed by atoms with van der Waals surface area (Å²) in [6.07, 6.45) is 0.961. The molecule has 2 aromatic rings. The zero-order chi connectivity index (χ0) is 22.5. The molecule has 0 aliphatic rings. The number of aromatic nitrogens is 1. The Morgan fingerprint density at radius 1 is 1.17 bits per heavy atom. The van der Waals surface area contributed by atoms with Gasteiger partial charge in [-0.1, -0.05) is 39.8 Å². The van der Waals surface area contributed by atoms with Crippen molar-refractivity contribution < 1.29 is 23.8 Å². The molecule has 6 heteroatoms. The molecule has 0 amide bonds. The fourth-order valence-corrected chi connectivity index (χ4v) is 3.31. The first-order valence-electron chi connectivity index (χ1n) is 10.6. The molecule has 6 nitrogen and oxygen atoms in total. The third kappa shape index (κ3) is 6.33. The summed E-state index contributed by atoms with van der Waals surface area (Å²) in [5, 5.41) is 9.39. The number of aliphatic carboxylic acids is 1. The van der Waals surface area contributed by atoms with Crippen molar-refractivity contribution in [3.63, 3.8) is 0 Å². The molecule has 2 rings (SSSR count). The number of carbonyl (C=O) groups is 1. The first-order chi connectivity index (χ1) is 14.0. The molecule has 1 aromatic carbocycles. The van der Waals surface area contributed by atoms with Gasteiger partial charge in [0.25, 0.3) is 0 Å². The van der Waals surface area contributed by atoms with Crippen molar-refractivity contribution in [2.75, 3.05) is 13.2 Å². The molecule has 0 saturated heterocycles. The largest absolute Gasteiger partial charge is 0.493 e. The van der Waals surface area contributed by atoms with E-state index in [0.29, 0.717) is 26.1 Å². The van der Waals surface area contributed by atoms with Crippen LogP contribution in [0.25, 0.3) is 0 Å². The molecular weight excluding hydrogens is 382 g/mol. The minimum absolute atomic E-state index is 0.123. The Morgan fingerprint density at radius 3 is 2.30 bits per heavy atom. The number of aryl methyl sites for hydroxylation is 3. The van der Waals surface area contributed by atoms with Gasteiger partial charge in [-0.15, -0.1) is 0 Å². The fraction of sp³-hybridized carbons (Fsp3) is 0.583. The quantitative estimate of drug-likeness (QED) is 0.589. The Hall–Kier alpha value is -2.34. The molecule has 0 aliphatic heterocycles. The van der Waals surface area contributed by atoms with Crippen LogP contribution in [-0.4, -0.2) is 35.4 Å². The molecule has 0 aliphatic carbocycles. The van der Waals surface area contributed by atoms with E-state index in [1.54, 1.807) is 0 Å². The van der Waals surface area contributed by atoms with Crippen LogP contribution in [0.5, 0.6) is 5.75 Å². The zero-order valence-corrected chi connectivity index (χ0v) is 19.3. The second-order valence-corrected chi connectivity index (χ2v) is 8.83. The first kappa shape index (κ1) is 23.9. The highest BCUT2D eigenvalue weighted by Gasteiger charge is 2.22. The number of hydrogen-bond donors (Lipinski definition) is 1. The summed E-state index contributed by atoms with van der Waals surface area (Å²) in [6.45, 7) is 15.0. The van der Waals surface area contributed by atoms with Crippen LogP contribution in [0.4, 0.5) is 0 Å². The van der Waals surface area contributed by atoms with Crippen molar-refractivity contribution >= 4 is 5.97 Å². The number of hydrogen-bond acceptors (Lipinski definition) is 5. The number of benzene rings is 1. The number of oxazole rings is 1. The van der Waals surface area contributed by atoms with E-state index in [0.717, 1.165) is 46.2 Å². The van der Waals surface area contributed by atoms with Crippen LogP contribution in [0, 0.1) is 20.8 Å². The highest BCUT2D eigenvalue weighted by atomic mass is 16.5. The molecule has 0 saturated carbocycles. The summed E-state index contributed by atoms with van der Waals surface area (Å²) in [4.78, 5) is 16.1. The van der Waals surface area contributed by atoms with Gasteiger partial charge in [-0.05, 0) is 43.9 Å². The van der Waals surface area contributed by atoms with E-state index in [4.69, 9.17) is 13.9 Å². The molecule has 0 radical (unpaired) electrons. The van der Waals surface area contributed by atoms with Gasteiger partial charge < -0.3 is 19.0 Å². The summed E-state index contributed by atoms with van der Waals surface area (Å²) >= 11 is 0. The molecule has 166 valence electrons. The lowest BCUT2D eigenvalue weighted by molar-refractivity contribution is -0.150. The smallest absolute Gasteiger partial charge is 0.333 e. The van der Waals surface area contributed by atoms with Crippen molar-refractivity contribution in [3.05, 3.63) is 46.2 Å². The third-order valence-electron chi connectivity index (χ3n) is 4.86. The second-order valence-electron chi connectivity index (χ2n) is 8.83. The van der Waals surface area contributed by atoms with Crippen LogP contribution in [0.3, 0.4) is 0 Å². The van der Waals surface area contributed by atoms with E-state index in [1.165, 1.54) is 0 Å². The lowest BCUT2D eigenvalue weighted by Gasteiger charge is -2.17. The van der Waals surface area contributed by atoms with E-state index >= 15 is 0 Å². The third-order valence-corrected chi connectivity index (χ3v) is 4.86. The molecule has 0 unspecified atom stereocenters. The van der Waals surface area contributed by atoms with Gasteiger partial charge in [-0.25, -0.2) is 9.78 Å². The van der Waals surface area contributed by atoms with Crippen molar-refractivity contribution in [2.45, 2.75) is 79.2 Å². The highest BCUT2D eigenvalue weighted by molar-refractivity contribution is 5.72. The van der Waals surface area contributed by atoms with E-state index in [-0.39, 0.29) is 5.41 Å². The first-order valence-corrected chi connectivity index (χ1v) is 10.6. The lowest BCUT2D eigenvalue weighted by atomic mass is 9.97. The Kier molecular flexibility index (Phi) is 8.07. The molecule has 1 atom stereocenters. The topological polar surface area (TPSA) is 81.8 Å². The second kappa shape index (κ2) is 10.1. The molecular formula is C24H35NO5. The van der Waals surface area contributed by atoms with Crippen LogP contribution in [-0.2, 0) is 27.8 Å². The van der Waals surface area contributed by atoms with Gasteiger partial charge in [0.2, 0.25) is 0 Å². The van der Waals surface area contributed by atoms with Crippen LogP contribution in [0.2, 0.25) is 0 Å². The van der Waals surface area contributed by atoms with Crippen LogP contribution < -0.4 is 4.74 Å². The SMILES string of the molecule is CCCO[C@@H](Cc1cc(C)c(OCCc2nc(C(C)(C)C)oc2C)c(C)c1)C(=O)O. The van der Waals surface area contributed by atoms with Gasteiger partial charge in [-0.2, -0.15) is 0 Å². The van der Waals surface area contributed by atoms with Gasteiger partial charge >= 0.3 is 5.97 Å². The molecule has 0 spiro atoms. The van der Waals surface area contributed by atoms with Gasteiger partial charge in [-0.3, -0.25) is 0 Å².